The first-order valence-corrected chi connectivity index (χ1v) is 10.6. The number of likely N-dealkylation sites (tertiary alicyclic amines) is 1. The summed E-state index contributed by atoms with van der Waals surface area (Å²) < 4.78 is 40.9. The summed E-state index contributed by atoms with van der Waals surface area (Å²) in [6.45, 7) is 4.91. The minimum atomic E-state index is -3.85. The van der Waals surface area contributed by atoms with E-state index < -0.39 is 21.9 Å². The van der Waals surface area contributed by atoms with Crippen molar-refractivity contribution >= 4 is 16.1 Å². The Balaban J connectivity index is 1.59. The number of sulfonamides is 1. The molecule has 0 radical (unpaired) electrons. The molecule has 0 spiro atoms. The van der Waals surface area contributed by atoms with Crippen LogP contribution in [-0.4, -0.2) is 48.7 Å². The number of nitrogens with zero attached hydrogens (tertiary/aromatic N) is 2. The molecule has 2 heterocycles. The molecule has 1 aliphatic heterocycles. The molecule has 1 unspecified atom stereocenters. The van der Waals surface area contributed by atoms with Crippen LogP contribution in [0, 0.1) is 19.7 Å². The Labute approximate surface area is 163 Å². The van der Waals surface area contributed by atoms with Crippen LogP contribution in [0.15, 0.2) is 29.2 Å². The van der Waals surface area contributed by atoms with E-state index in [9.17, 15) is 17.6 Å². The maximum atomic E-state index is 13.3. The summed E-state index contributed by atoms with van der Waals surface area (Å²) in [5.74, 6) is -0.614. The molecule has 1 fully saturated rings. The fourth-order valence-electron chi connectivity index (χ4n) is 3.29. The summed E-state index contributed by atoms with van der Waals surface area (Å²) in [4.78, 5) is 14.0. The van der Waals surface area contributed by atoms with Crippen molar-refractivity contribution in [2.24, 2.45) is 0 Å². The van der Waals surface area contributed by atoms with Crippen molar-refractivity contribution in [2.45, 2.75) is 44.2 Å². The van der Waals surface area contributed by atoms with E-state index in [4.69, 9.17) is 0 Å². The lowest BCUT2D eigenvalue weighted by Gasteiger charge is -2.33. The van der Waals surface area contributed by atoms with Crippen molar-refractivity contribution in [3.05, 3.63) is 47.0 Å². The quantitative estimate of drug-likeness (QED) is 0.700. The zero-order valence-corrected chi connectivity index (χ0v) is 16.6. The number of carbonyl (C=O) groups is 1. The molecule has 1 atom stereocenters. The van der Waals surface area contributed by atoms with E-state index in [1.165, 1.54) is 18.2 Å². The molecule has 0 aliphatic carbocycles. The fourth-order valence-corrected chi connectivity index (χ4v) is 4.58. The highest BCUT2D eigenvalue weighted by Gasteiger charge is 2.28. The maximum absolute atomic E-state index is 13.3. The van der Waals surface area contributed by atoms with E-state index in [0.29, 0.717) is 25.9 Å². The average molecular weight is 409 g/mol. The van der Waals surface area contributed by atoms with Gasteiger partial charge in [0, 0.05) is 36.9 Å². The minimum Gasteiger partial charge on any atom is -0.334 e. The largest absolute Gasteiger partial charge is 0.334 e. The molecule has 10 heteroatoms. The zero-order chi connectivity index (χ0) is 20.3. The van der Waals surface area contributed by atoms with Crippen LogP contribution in [0.5, 0.6) is 0 Å². The number of aromatic nitrogens is 2. The highest BCUT2D eigenvalue weighted by Crippen LogP contribution is 2.16. The van der Waals surface area contributed by atoms with E-state index in [-0.39, 0.29) is 17.5 Å². The summed E-state index contributed by atoms with van der Waals surface area (Å²) >= 11 is 0. The number of urea groups is 1. The predicted octanol–water partition coefficient (Wildman–Crippen LogP) is 1.82. The molecule has 1 aromatic carbocycles. The van der Waals surface area contributed by atoms with Crippen molar-refractivity contribution < 1.29 is 17.6 Å². The van der Waals surface area contributed by atoms with Gasteiger partial charge in [-0.15, -0.1) is 0 Å². The molecular formula is C18H24FN5O3S. The highest BCUT2D eigenvalue weighted by molar-refractivity contribution is 7.89. The van der Waals surface area contributed by atoms with Gasteiger partial charge in [-0.25, -0.2) is 22.3 Å². The Bertz CT molecular complexity index is 940. The molecule has 0 saturated carbocycles. The number of benzene rings is 1. The van der Waals surface area contributed by atoms with E-state index in [0.717, 1.165) is 23.0 Å². The van der Waals surface area contributed by atoms with E-state index in [1.807, 2.05) is 13.8 Å². The smallest absolute Gasteiger partial charge is 0.317 e. The molecule has 2 aromatic rings. The van der Waals surface area contributed by atoms with Crippen LogP contribution >= 0.6 is 0 Å². The first-order chi connectivity index (χ1) is 13.3. The SMILES string of the molecule is Cc1n[nH]c(C)c1CNC(=O)N1CCCC(NS(=O)(=O)c2cccc(F)c2)C1. The second-order valence-corrected chi connectivity index (χ2v) is 8.65. The molecule has 152 valence electrons. The molecule has 0 bridgehead atoms. The van der Waals surface area contributed by atoms with Gasteiger partial charge >= 0.3 is 6.03 Å². The Kier molecular flexibility index (Phi) is 5.99. The Morgan fingerprint density at radius 3 is 2.86 bits per heavy atom. The zero-order valence-electron chi connectivity index (χ0n) is 15.8. The van der Waals surface area contributed by atoms with Gasteiger partial charge in [-0.3, -0.25) is 5.10 Å². The van der Waals surface area contributed by atoms with Crippen LogP contribution in [0.3, 0.4) is 0 Å². The first kappa shape index (κ1) is 20.3. The lowest BCUT2D eigenvalue weighted by Crippen LogP contribution is -2.52. The lowest BCUT2D eigenvalue weighted by atomic mass is 10.1. The van der Waals surface area contributed by atoms with Gasteiger partial charge in [-0.2, -0.15) is 5.10 Å². The number of halogens is 1. The van der Waals surface area contributed by atoms with Gasteiger partial charge in [-0.05, 0) is 44.9 Å². The van der Waals surface area contributed by atoms with Gasteiger partial charge in [0.25, 0.3) is 0 Å². The topological polar surface area (TPSA) is 107 Å². The number of piperidine rings is 1. The van der Waals surface area contributed by atoms with E-state index in [2.05, 4.69) is 20.2 Å². The van der Waals surface area contributed by atoms with Gasteiger partial charge in [0.05, 0.1) is 10.6 Å². The second-order valence-electron chi connectivity index (χ2n) is 6.94. The molecule has 2 amide bonds. The number of hydrogen-bond acceptors (Lipinski definition) is 4. The average Bonchev–Trinajstić information content (AvgIpc) is 2.97. The summed E-state index contributed by atoms with van der Waals surface area (Å²) in [6.07, 6.45) is 1.28. The van der Waals surface area contributed by atoms with Crippen LogP contribution in [-0.2, 0) is 16.6 Å². The summed E-state index contributed by atoms with van der Waals surface area (Å²) in [6, 6.07) is 4.18. The number of hydrogen-bond donors (Lipinski definition) is 3. The number of H-pyrrole nitrogens is 1. The third kappa shape index (κ3) is 4.68. The third-order valence-electron chi connectivity index (χ3n) is 4.83. The lowest BCUT2D eigenvalue weighted by molar-refractivity contribution is 0.177. The molecule has 1 aliphatic rings. The van der Waals surface area contributed by atoms with Gasteiger partial charge in [-0.1, -0.05) is 6.07 Å². The summed E-state index contributed by atoms with van der Waals surface area (Å²) in [5, 5.41) is 9.83. The maximum Gasteiger partial charge on any atom is 0.317 e. The number of carbonyl (C=O) groups excluding carboxylic acids is 1. The molecule has 8 nitrogen and oxygen atoms in total. The fraction of sp³-hybridized carbons (Fsp3) is 0.444. The molecule has 3 N–H and O–H groups in total. The van der Waals surface area contributed by atoms with Crippen LogP contribution in [0.2, 0.25) is 0 Å². The standard InChI is InChI=1S/C18H24FN5O3S/c1-12-17(13(2)22-21-12)10-20-18(25)24-8-4-6-15(11-24)23-28(26,27)16-7-3-5-14(19)9-16/h3,5,7,9,15,23H,4,6,8,10-11H2,1-2H3,(H,20,25)(H,21,22). The van der Waals surface area contributed by atoms with Gasteiger partial charge in [0.15, 0.2) is 0 Å². The van der Waals surface area contributed by atoms with Gasteiger partial charge in [0.1, 0.15) is 5.82 Å². The monoisotopic (exact) mass is 409 g/mol. The Morgan fingerprint density at radius 2 is 2.18 bits per heavy atom. The molecular weight excluding hydrogens is 385 g/mol. The number of aromatic amines is 1. The van der Waals surface area contributed by atoms with Crippen LogP contribution in [0.25, 0.3) is 0 Å². The normalized spacial score (nSPS) is 17.5. The second kappa shape index (κ2) is 8.27. The number of aryl methyl sites for hydroxylation is 2. The van der Waals surface area contributed by atoms with Gasteiger partial charge < -0.3 is 10.2 Å². The van der Waals surface area contributed by atoms with Crippen molar-refractivity contribution in [1.29, 1.82) is 0 Å². The van der Waals surface area contributed by atoms with Gasteiger partial charge in [0.2, 0.25) is 10.0 Å². The van der Waals surface area contributed by atoms with Crippen LogP contribution in [0.4, 0.5) is 9.18 Å². The number of amides is 2. The first-order valence-electron chi connectivity index (χ1n) is 9.07. The summed E-state index contributed by atoms with van der Waals surface area (Å²) in [7, 11) is -3.85. The third-order valence-corrected chi connectivity index (χ3v) is 6.35. The highest BCUT2D eigenvalue weighted by atomic mass is 32.2. The number of nitrogens with one attached hydrogen (secondary N) is 3. The van der Waals surface area contributed by atoms with E-state index >= 15 is 0 Å². The number of rotatable bonds is 5. The van der Waals surface area contributed by atoms with Crippen LogP contribution < -0.4 is 10.0 Å². The van der Waals surface area contributed by atoms with E-state index in [1.54, 1.807) is 4.90 Å². The molecule has 1 saturated heterocycles. The van der Waals surface area contributed by atoms with Crippen molar-refractivity contribution in [1.82, 2.24) is 25.1 Å². The Hall–Kier alpha value is -2.46. The van der Waals surface area contributed by atoms with Crippen LogP contribution in [0.1, 0.15) is 29.8 Å². The molecule has 1 aromatic heterocycles. The predicted molar refractivity (Wildman–Crippen MR) is 102 cm³/mol. The summed E-state index contributed by atoms with van der Waals surface area (Å²) in [5.41, 5.74) is 2.67. The Morgan fingerprint density at radius 1 is 1.39 bits per heavy atom. The minimum absolute atomic E-state index is 0.125. The van der Waals surface area contributed by atoms with Crippen molar-refractivity contribution in [2.75, 3.05) is 13.1 Å². The van der Waals surface area contributed by atoms with Crippen molar-refractivity contribution in [3.63, 3.8) is 0 Å². The molecule has 3 rings (SSSR count). The van der Waals surface area contributed by atoms with Crippen molar-refractivity contribution in [3.8, 4) is 0 Å². The molecule has 28 heavy (non-hydrogen) atoms.